The van der Waals surface area contributed by atoms with Crippen molar-refractivity contribution in [1.29, 1.82) is 0 Å². The Hall–Kier alpha value is -0.830. The van der Waals surface area contributed by atoms with Gasteiger partial charge in [-0.05, 0) is 50.1 Å². The fraction of sp³-hybridized carbons (Fsp3) is 0.824. The molecule has 0 aromatic carbocycles. The van der Waals surface area contributed by atoms with Crippen LogP contribution in [0.25, 0.3) is 0 Å². The van der Waals surface area contributed by atoms with E-state index in [0.29, 0.717) is 12.1 Å². The van der Waals surface area contributed by atoms with E-state index in [1.807, 2.05) is 0 Å². The molecule has 1 fully saturated rings. The van der Waals surface area contributed by atoms with Gasteiger partial charge >= 0.3 is 0 Å². The van der Waals surface area contributed by atoms with Crippen molar-refractivity contribution in [1.82, 2.24) is 15.1 Å². The Bertz CT molecular complexity index is 391. The molecule has 2 rings (SSSR count). The smallest absolute Gasteiger partial charge is 0.0640 e. The van der Waals surface area contributed by atoms with Gasteiger partial charge in [0.15, 0.2) is 0 Å². The first kappa shape index (κ1) is 15.6. The predicted molar refractivity (Wildman–Crippen MR) is 84.9 cm³/mol. The maximum atomic E-state index is 4.81. The Morgan fingerprint density at radius 1 is 1.30 bits per heavy atom. The fourth-order valence-corrected chi connectivity index (χ4v) is 3.23. The molecule has 0 saturated heterocycles. The molecule has 1 heterocycles. The maximum absolute atomic E-state index is 4.81. The average molecular weight is 277 g/mol. The Kier molecular flexibility index (Phi) is 5.64. The highest BCUT2D eigenvalue weighted by Crippen LogP contribution is 2.38. The van der Waals surface area contributed by atoms with E-state index in [9.17, 15) is 0 Å². The monoisotopic (exact) mass is 277 g/mol. The minimum atomic E-state index is 0.558. The molecule has 114 valence electrons. The molecule has 2 atom stereocenters. The first-order valence-corrected chi connectivity index (χ1v) is 8.46. The van der Waals surface area contributed by atoms with Crippen LogP contribution in [0.4, 0.5) is 0 Å². The molecule has 3 nitrogen and oxygen atoms in total. The molecule has 1 saturated carbocycles. The molecule has 1 aromatic heterocycles. The summed E-state index contributed by atoms with van der Waals surface area (Å²) in [6, 6.07) is 3.35. The molecule has 2 unspecified atom stereocenters. The highest BCUT2D eigenvalue weighted by molar-refractivity contribution is 5.04. The molecule has 20 heavy (non-hydrogen) atoms. The molecule has 0 bridgehead atoms. The van der Waals surface area contributed by atoms with Gasteiger partial charge in [0.2, 0.25) is 0 Å². The van der Waals surface area contributed by atoms with Gasteiger partial charge in [-0.3, -0.25) is 4.68 Å². The van der Waals surface area contributed by atoms with Gasteiger partial charge in [-0.1, -0.05) is 27.7 Å². The molecule has 3 heteroatoms. The molecular formula is C17H31N3. The van der Waals surface area contributed by atoms with Crippen LogP contribution in [0.3, 0.4) is 0 Å². The zero-order chi connectivity index (χ0) is 14.5. The van der Waals surface area contributed by atoms with Crippen molar-refractivity contribution in [3.05, 3.63) is 18.0 Å². The molecule has 1 aromatic rings. The minimum absolute atomic E-state index is 0.558. The standard InChI is InChI=1S/C17H31N3/c1-5-16(6-2)20-11-10-15(19-20)12-17(18-7-3)13(4)14-8-9-14/h10-11,13-14,16-18H,5-9,12H2,1-4H3. The Balaban J connectivity index is 1.99. The molecule has 0 spiro atoms. The quantitative estimate of drug-likeness (QED) is 0.744. The first-order valence-electron chi connectivity index (χ1n) is 8.46. The zero-order valence-electron chi connectivity index (χ0n) is 13.6. The third kappa shape index (κ3) is 3.85. The van der Waals surface area contributed by atoms with Gasteiger partial charge in [-0.15, -0.1) is 0 Å². The number of nitrogens with one attached hydrogen (secondary N) is 1. The summed E-state index contributed by atoms with van der Waals surface area (Å²) in [6.07, 6.45) is 8.40. The van der Waals surface area contributed by atoms with E-state index >= 15 is 0 Å². The van der Waals surface area contributed by atoms with Gasteiger partial charge in [0.25, 0.3) is 0 Å². The second kappa shape index (κ2) is 7.26. The minimum Gasteiger partial charge on any atom is -0.314 e. The number of hydrogen-bond donors (Lipinski definition) is 1. The topological polar surface area (TPSA) is 29.9 Å². The van der Waals surface area contributed by atoms with E-state index in [1.54, 1.807) is 0 Å². The van der Waals surface area contributed by atoms with Gasteiger partial charge in [0, 0.05) is 18.7 Å². The van der Waals surface area contributed by atoms with Crippen LogP contribution in [0, 0.1) is 11.8 Å². The molecule has 0 amide bonds. The van der Waals surface area contributed by atoms with Crippen LogP contribution in [0.1, 0.15) is 65.1 Å². The van der Waals surface area contributed by atoms with Crippen LogP contribution >= 0.6 is 0 Å². The normalized spacial score (nSPS) is 18.4. The predicted octanol–water partition coefficient (Wildman–Crippen LogP) is 3.81. The largest absolute Gasteiger partial charge is 0.314 e. The van der Waals surface area contributed by atoms with E-state index in [4.69, 9.17) is 5.10 Å². The SMILES string of the molecule is CCNC(Cc1ccn(C(CC)CC)n1)C(C)C1CC1. The molecule has 1 N–H and O–H groups in total. The van der Waals surface area contributed by atoms with Crippen molar-refractivity contribution in [2.45, 2.75) is 71.9 Å². The summed E-state index contributed by atoms with van der Waals surface area (Å²) in [4.78, 5) is 0. The summed E-state index contributed by atoms with van der Waals surface area (Å²) in [7, 11) is 0. The summed E-state index contributed by atoms with van der Waals surface area (Å²) in [5, 5.41) is 8.48. The molecule has 1 aliphatic carbocycles. The Morgan fingerprint density at radius 3 is 2.55 bits per heavy atom. The van der Waals surface area contributed by atoms with Crippen molar-refractivity contribution >= 4 is 0 Å². The fourth-order valence-electron chi connectivity index (χ4n) is 3.23. The van der Waals surface area contributed by atoms with Gasteiger partial charge < -0.3 is 5.32 Å². The number of nitrogens with zero attached hydrogens (tertiary/aromatic N) is 2. The van der Waals surface area contributed by atoms with E-state index in [-0.39, 0.29) is 0 Å². The Morgan fingerprint density at radius 2 is 2.00 bits per heavy atom. The lowest BCUT2D eigenvalue weighted by Gasteiger charge is -2.24. The molecule has 0 aliphatic heterocycles. The van der Waals surface area contributed by atoms with Gasteiger partial charge in [0.05, 0.1) is 11.7 Å². The third-order valence-corrected chi connectivity index (χ3v) is 4.88. The lowest BCUT2D eigenvalue weighted by atomic mass is 9.93. The highest BCUT2D eigenvalue weighted by atomic mass is 15.3. The van der Waals surface area contributed by atoms with Crippen LogP contribution in [-0.4, -0.2) is 22.4 Å². The molecular weight excluding hydrogens is 246 g/mol. The van der Waals surface area contributed by atoms with Crippen LogP contribution in [0.15, 0.2) is 12.3 Å². The first-order chi connectivity index (χ1) is 9.69. The van der Waals surface area contributed by atoms with Crippen molar-refractivity contribution in [2.75, 3.05) is 6.54 Å². The van der Waals surface area contributed by atoms with Crippen molar-refractivity contribution in [3.8, 4) is 0 Å². The van der Waals surface area contributed by atoms with E-state index in [1.165, 1.54) is 18.5 Å². The van der Waals surface area contributed by atoms with Gasteiger partial charge in [-0.25, -0.2) is 0 Å². The molecule has 0 radical (unpaired) electrons. The summed E-state index contributed by atoms with van der Waals surface area (Å²) in [5.41, 5.74) is 1.25. The average Bonchev–Trinajstić information content (AvgIpc) is 3.20. The second-order valence-corrected chi connectivity index (χ2v) is 6.32. The third-order valence-electron chi connectivity index (χ3n) is 4.88. The van der Waals surface area contributed by atoms with Crippen molar-refractivity contribution in [3.63, 3.8) is 0 Å². The maximum Gasteiger partial charge on any atom is 0.0640 e. The van der Waals surface area contributed by atoms with Crippen molar-refractivity contribution < 1.29 is 0 Å². The van der Waals surface area contributed by atoms with Crippen LogP contribution in [0.2, 0.25) is 0 Å². The van der Waals surface area contributed by atoms with Gasteiger partial charge in [-0.2, -0.15) is 5.10 Å². The number of rotatable bonds is 9. The summed E-state index contributed by atoms with van der Waals surface area (Å²) < 4.78 is 2.17. The van der Waals surface area contributed by atoms with Gasteiger partial charge in [0.1, 0.15) is 0 Å². The highest BCUT2D eigenvalue weighted by Gasteiger charge is 2.33. The lowest BCUT2D eigenvalue weighted by Crippen LogP contribution is -2.37. The lowest BCUT2D eigenvalue weighted by molar-refractivity contribution is 0.340. The number of likely N-dealkylation sites (N-methyl/N-ethyl adjacent to an activating group) is 1. The summed E-state index contributed by atoms with van der Waals surface area (Å²) in [6.45, 7) is 10.1. The second-order valence-electron chi connectivity index (χ2n) is 6.32. The van der Waals surface area contributed by atoms with E-state index < -0.39 is 0 Å². The van der Waals surface area contributed by atoms with Crippen LogP contribution in [0.5, 0.6) is 0 Å². The zero-order valence-corrected chi connectivity index (χ0v) is 13.6. The summed E-state index contributed by atoms with van der Waals surface area (Å²) >= 11 is 0. The summed E-state index contributed by atoms with van der Waals surface area (Å²) in [5.74, 6) is 1.72. The van der Waals surface area contributed by atoms with E-state index in [0.717, 1.165) is 37.6 Å². The molecule has 1 aliphatic rings. The van der Waals surface area contributed by atoms with E-state index in [2.05, 4.69) is 50.0 Å². The van der Waals surface area contributed by atoms with Crippen LogP contribution < -0.4 is 5.32 Å². The Labute approximate surface area is 124 Å². The van der Waals surface area contributed by atoms with Crippen molar-refractivity contribution in [2.24, 2.45) is 11.8 Å². The van der Waals surface area contributed by atoms with Crippen LogP contribution in [-0.2, 0) is 6.42 Å². The number of aromatic nitrogens is 2. The number of hydrogen-bond acceptors (Lipinski definition) is 2.